The first-order valence-electron chi connectivity index (χ1n) is 5.07. The zero-order valence-corrected chi connectivity index (χ0v) is 9.70. The third-order valence-corrected chi connectivity index (χ3v) is 3.69. The minimum atomic E-state index is 0.875. The van der Waals surface area contributed by atoms with Crippen molar-refractivity contribution in [2.45, 2.75) is 25.8 Å². The molecule has 14 heavy (non-hydrogen) atoms. The van der Waals surface area contributed by atoms with Crippen LogP contribution in [0.3, 0.4) is 0 Å². The normalized spacial score (nSPS) is 18.6. The first-order valence-corrected chi connectivity index (χ1v) is 6.27. The van der Waals surface area contributed by atoms with E-state index in [9.17, 15) is 0 Å². The third-order valence-electron chi connectivity index (χ3n) is 2.46. The summed E-state index contributed by atoms with van der Waals surface area (Å²) in [6, 6.07) is 4.05. The second kappa shape index (κ2) is 5.12. The number of rotatable bonds is 3. The van der Waals surface area contributed by atoms with Gasteiger partial charge in [0.25, 0.3) is 0 Å². The zero-order valence-electron chi connectivity index (χ0n) is 8.13. The van der Waals surface area contributed by atoms with Crippen molar-refractivity contribution in [3.05, 3.63) is 21.3 Å². The van der Waals surface area contributed by atoms with Gasteiger partial charge in [0.05, 0.1) is 4.34 Å². The zero-order chi connectivity index (χ0) is 9.80. The largest absolute Gasteiger partial charge is 0.250 e. The van der Waals surface area contributed by atoms with Gasteiger partial charge in [-0.1, -0.05) is 18.0 Å². The fraction of sp³-hybridized carbons (Fsp3) is 0.600. The van der Waals surface area contributed by atoms with Crippen LogP contribution in [0.15, 0.2) is 12.1 Å². The summed E-state index contributed by atoms with van der Waals surface area (Å²) in [6.07, 6.45) is 4.01. The summed E-state index contributed by atoms with van der Waals surface area (Å²) < 4.78 is 0.875. The molecule has 0 atom stereocenters. The van der Waals surface area contributed by atoms with Gasteiger partial charge in [0, 0.05) is 24.5 Å². The summed E-state index contributed by atoms with van der Waals surface area (Å²) in [6.45, 7) is 3.27. The first-order chi connectivity index (χ1) is 6.84. The maximum atomic E-state index is 5.86. The Labute approximate surface area is 93.8 Å². The molecule has 2 heterocycles. The number of thiophene rings is 1. The SMILES string of the molecule is Clc1ccc(CNN2CCCCC2)s1. The Kier molecular flexibility index (Phi) is 3.81. The monoisotopic (exact) mass is 230 g/mol. The molecular formula is C10H15ClN2S. The number of halogens is 1. The molecule has 1 N–H and O–H groups in total. The van der Waals surface area contributed by atoms with Gasteiger partial charge in [0.15, 0.2) is 0 Å². The van der Waals surface area contributed by atoms with Crippen LogP contribution in [0.5, 0.6) is 0 Å². The van der Waals surface area contributed by atoms with Gasteiger partial charge in [0.2, 0.25) is 0 Å². The van der Waals surface area contributed by atoms with Crippen molar-refractivity contribution in [3.63, 3.8) is 0 Å². The minimum absolute atomic E-state index is 0.875. The third kappa shape index (κ3) is 2.95. The fourth-order valence-electron chi connectivity index (χ4n) is 1.69. The van der Waals surface area contributed by atoms with E-state index in [1.54, 1.807) is 11.3 Å². The number of hydrogen-bond acceptors (Lipinski definition) is 3. The second-order valence-corrected chi connectivity index (χ2v) is 5.39. The van der Waals surface area contributed by atoms with Gasteiger partial charge in [-0.2, -0.15) is 0 Å². The highest BCUT2D eigenvalue weighted by Crippen LogP contribution is 2.21. The number of hydrazine groups is 1. The molecule has 0 bridgehead atoms. The van der Waals surface area contributed by atoms with Crippen molar-refractivity contribution in [2.24, 2.45) is 0 Å². The van der Waals surface area contributed by atoms with Gasteiger partial charge < -0.3 is 0 Å². The lowest BCUT2D eigenvalue weighted by molar-refractivity contribution is 0.152. The summed E-state index contributed by atoms with van der Waals surface area (Å²) in [5.74, 6) is 0. The Morgan fingerprint density at radius 1 is 1.29 bits per heavy atom. The Morgan fingerprint density at radius 2 is 2.07 bits per heavy atom. The van der Waals surface area contributed by atoms with Gasteiger partial charge in [-0.15, -0.1) is 11.3 Å². The molecule has 0 aliphatic carbocycles. The van der Waals surface area contributed by atoms with Crippen LogP contribution in [-0.2, 0) is 6.54 Å². The topological polar surface area (TPSA) is 15.3 Å². The molecule has 1 fully saturated rings. The van der Waals surface area contributed by atoms with Gasteiger partial charge >= 0.3 is 0 Å². The van der Waals surface area contributed by atoms with E-state index in [-0.39, 0.29) is 0 Å². The van der Waals surface area contributed by atoms with Gasteiger partial charge in [0.1, 0.15) is 0 Å². The highest BCUT2D eigenvalue weighted by molar-refractivity contribution is 7.16. The molecule has 78 valence electrons. The molecule has 0 amide bonds. The molecule has 1 aliphatic heterocycles. The van der Waals surface area contributed by atoms with Crippen LogP contribution < -0.4 is 5.43 Å². The Balaban J connectivity index is 1.76. The van der Waals surface area contributed by atoms with Crippen molar-refractivity contribution in [1.82, 2.24) is 10.4 Å². The number of nitrogens with one attached hydrogen (secondary N) is 1. The van der Waals surface area contributed by atoms with Gasteiger partial charge in [-0.05, 0) is 25.0 Å². The van der Waals surface area contributed by atoms with E-state index < -0.39 is 0 Å². The average Bonchev–Trinajstić information content (AvgIpc) is 2.63. The summed E-state index contributed by atoms with van der Waals surface area (Å²) in [4.78, 5) is 1.31. The molecule has 0 spiro atoms. The molecule has 0 aromatic carbocycles. The highest BCUT2D eigenvalue weighted by atomic mass is 35.5. The standard InChI is InChI=1S/C10H15ClN2S/c11-10-5-4-9(14-10)8-12-13-6-2-1-3-7-13/h4-5,12H,1-3,6-8H2. The second-order valence-electron chi connectivity index (χ2n) is 3.59. The maximum absolute atomic E-state index is 5.86. The van der Waals surface area contributed by atoms with Crippen molar-refractivity contribution in [2.75, 3.05) is 13.1 Å². The molecule has 2 rings (SSSR count). The summed E-state index contributed by atoms with van der Waals surface area (Å²) in [7, 11) is 0. The van der Waals surface area contributed by atoms with Crippen molar-refractivity contribution < 1.29 is 0 Å². The predicted octanol–water partition coefficient (Wildman–Crippen LogP) is 2.89. The van der Waals surface area contributed by atoms with Crippen LogP contribution in [0.4, 0.5) is 0 Å². The van der Waals surface area contributed by atoms with E-state index in [0.29, 0.717) is 0 Å². The highest BCUT2D eigenvalue weighted by Gasteiger charge is 2.09. The fourth-order valence-corrected chi connectivity index (χ4v) is 2.71. The lowest BCUT2D eigenvalue weighted by Crippen LogP contribution is -2.40. The van der Waals surface area contributed by atoms with E-state index in [1.165, 1.54) is 37.2 Å². The van der Waals surface area contributed by atoms with Crippen LogP contribution in [0.2, 0.25) is 4.34 Å². The quantitative estimate of drug-likeness (QED) is 0.859. The molecule has 0 unspecified atom stereocenters. The van der Waals surface area contributed by atoms with Crippen molar-refractivity contribution in [3.8, 4) is 0 Å². The van der Waals surface area contributed by atoms with Crippen LogP contribution in [-0.4, -0.2) is 18.1 Å². The molecule has 1 aliphatic rings. The first kappa shape index (κ1) is 10.4. The van der Waals surface area contributed by atoms with E-state index in [4.69, 9.17) is 11.6 Å². The Morgan fingerprint density at radius 3 is 2.71 bits per heavy atom. The predicted molar refractivity (Wildman–Crippen MR) is 61.6 cm³/mol. The maximum Gasteiger partial charge on any atom is 0.0931 e. The molecule has 1 aromatic heterocycles. The lowest BCUT2D eigenvalue weighted by atomic mass is 10.2. The molecule has 0 saturated carbocycles. The van der Waals surface area contributed by atoms with Gasteiger partial charge in [-0.25, -0.2) is 10.4 Å². The molecule has 4 heteroatoms. The number of nitrogens with zero attached hydrogens (tertiary/aromatic N) is 1. The molecule has 2 nitrogen and oxygen atoms in total. The number of piperidine rings is 1. The van der Waals surface area contributed by atoms with E-state index in [2.05, 4.69) is 16.5 Å². The Bertz CT molecular complexity index is 281. The van der Waals surface area contributed by atoms with E-state index >= 15 is 0 Å². The lowest BCUT2D eigenvalue weighted by Gasteiger charge is -2.26. The van der Waals surface area contributed by atoms with Crippen molar-refractivity contribution in [1.29, 1.82) is 0 Å². The minimum Gasteiger partial charge on any atom is -0.250 e. The average molecular weight is 231 g/mol. The van der Waals surface area contributed by atoms with Crippen LogP contribution >= 0.6 is 22.9 Å². The van der Waals surface area contributed by atoms with Crippen molar-refractivity contribution >= 4 is 22.9 Å². The van der Waals surface area contributed by atoms with Crippen LogP contribution in [0.25, 0.3) is 0 Å². The number of hydrogen-bond donors (Lipinski definition) is 1. The molecule has 1 saturated heterocycles. The van der Waals surface area contributed by atoms with Crippen LogP contribution in [0.1, 0.15) is 24.1 Å². The molecular weight excluding hydrogens is 216 g/mol. The summed E-state index contributed by atoms with van der Waals surface area (Å²) >= 11 is 7.51. The van der Waals surface area contributed by atoms with Crippen LogP contribution in [0, 0.1) is 0 Å². The van der Waals surface area contributed by atoms with E-state index in [0.717, 1.165) is 10.9 Å². The molecule has 1 aromatic rings. The summed E-state index contributed by atoms with van der Waals surface area (Å²) in [5, 5.41) is 2.32. The smallest absolute Gasteiger partial charge is 0.0931 e. The van der Waals surface area contributed by atoms with Gasteiger partial charge in [-0.3, -0.25) is 0 Å². The molecule has 0 radical (unpaired) electrons. The Hall–Kier alpha value is -0.0900. The summed E-state index contributed by atoms with van der Waals surface area (Å²) in [5.41, 5.74) is 3.44. The van der Waals surface area contributed by atoms with E-state index in [1.807, 2.05) is 6.07 Å².